The van der Waals surface area contributed by atoms with Gasteiger partial charge in [0.15, 0.2) is 11.5 Å². The maximum absolute atomic E-state index is 12.5. The lowest BCUT2D eigenvalue weighted by Crippen LogP contribution is -2.27. The molecule has 2 aromatic carbocycles. The van der Waals surface area contributed by atoms with Gasteiger partial charge in [0.1, 0.15) is 11.6 Å². The lowest BCUT2D eigenvalue weighted by Gasteiger charge is -2.14. The number of hydrogen-bond donors (Lipinski definition) is 1. The molecule has 0 fully saturated rings. The van der Waals surface area contributed by atoms with E-state index in [0.717, 1.165) is 5.56 Å². The zero-order valence-electron chi connectivity index (χ0n) is 14.5. The second kappa shape index (κ2) is 7.62. The van der Waals surface area contributed by atoms with Crippen LogP contribution in [-0.2, 0) is 4.79 Å². The molecular formula is C20H18N2O4. The molecule has 0 unspecified atom stereocenters. The van der Waals surface area contributed by atoms with Gasteiger partial charge in [0.2, 0.25) is 12.5 Å². The van der Waals surface area contributed by atoms with Gasteiger partial charge in [0.05, 0.1) is 13.2 Å². The second-order valence-corrected chi connectivity index (χ2v) is 5.73. The Balaban J connectivity index is 1.82. The molecule has 2 aromatic rings. The van der Waals surface area contributed by atoms with Gasteiger partial charge in [-0.2, -0.15) is 5.26 Å². The largest absolute Gasteiger partial charge is 0.493 e. The van der Waals surface area contributed by atoms with E-state index in [1.54, 1.807) is 12.1 Å². The molecule has 1 atom stereocenters. The van der Waals surface area contributed by atoms with Crippen LogP contribution in [0.5, 0.6) is 17.2 Å². The first-order valence-electron chi connectivity index (χ1n) is 8.07. The van der Waals surface area contributed by atoms with Crippen LogP contribution in [0.25, 0.3) is 6.08 Å². The van der Waals surface area contributed by atoms with Crippen LogP contribution < -0.4 is 19.5 Å². The third-order valence-electron chi connectivity index (χ3n) is 4.00. The highest BCUT2D eigenvalue weighted by Gasteiger charge is 2.20. The van der Waals surface area contributed by atoms with Gasteiger partial charge in [-0.3, -0.25) is 4.79 Å². The van der Waals surface area contributed by atoms with Crippen molar-refractivity contribution < 1.29 is 19.0 Å². The van der Waals surface area contributed by atoms with Gasteiger partial charge >= 0.3 is 0 Å². The SMILES string of the molecule is COc1cc(/C=C(/C#N)C(=O)N[C@H](C)c2ccccc2)cc2c1OCO2. The Labute approximate surface area is 151 Å². The van der Waals surface area contributed by atoms with Gasteiger partial charge in [0.25, 0.3) is 5.91 Å². The van der Waals surface area contributed by atoms with Gasteiger partial charge < -0.3 is 19.5 Å². The number of ether oxygens (including phenoxy) is 3. The van der Waals surface area contributed by atoms with E-state index in [-0.39, 0.29) is 18.4 Å². The standard InChI is InChI=1S/C20H18N2O4/c1-13(15-6-4-3-5-7-15)22-20(23)16(11-21)8-14-9-17(24-2)19-18(10-14)25-12-26-19/h3-10,13H,12H2,1-2H3,(H,22,23)/b16-8-/t13-/m1/s1. The Morgan fingerprint density at radius 2 is 2.08 bits per heavy atom. The molecule has 0 bridgehead atoms. The molecule has 3 rings (SSSR count). The van der Waals surface area contributed by atoms with E-state index in [9.17, 15) is 10.1 Å². The lowest BCUT2D eigenvalue weighted by atomic mass is 10.1. The van der Waals surface area contributed by atoms with Crippen LogP contribution in [0.2, 0.25) is 0 Å². The molecule has 26 heavy (non-hydrogen) atoms. The average molecular weight is 350 g/mol. The highest BCUT2D eigenvalue weighted by molar-refractivity contribution is 6.02. The summed E-state index contributed by atoms with van der Waals surface area (Å²) >= 11 is 0. The van der Waals surface area contributed by atoms with Crippen molar-refractivity contribution in [3.05, 3.63) is 59.2 Å². The molecule has 6 nitrogen and oxygen atoms in total. The summed E-state index contributed by atoms with van der Waals surface area (Å²) in [4.78, 5) is 12.5. The summed E-state index contributed by atoms with van der Waals surface area (Å²) in [5.41, 5.74) is 1.57. The number of rotatable bonds is 5. The second-order valence-electron chi connectivity index (χ2n) is 5.73. The van der Waals surface area contributed by atoms with Crippen molar-refractivity contribution in [1.29, 1.82) is 5.26 Å². The number of nitriles is 1. The Kier molecular flexibility index (Phi) is 5.09. The number of carbonyl (C=O) groups is 1. The molecule has 0 aliphatic carbocycles. The molecule has 0 saturated heterocycles. The van der Waals surface area contributed by atoms with E-state index in [4.69, 9.17) is 14.2 Å². The van der Waals surface area contributed by atoms with Crippen molar-refractivity contribution in [2.24, 2.45) is 0 Å². The Bertz CT molecular complexity index is 885. The van der Waals surface area contributed by atoms with E-state index in [0.29, 0.717) is 22.8 Å². The molecule has 132 valence electrons. The molecule has 1 heterocycles. The van der Waals surface area contributed by atoms with Crippen LogP contribution in [0.3, 0.4) is 0 Å². The fourth-order valence-corrected chi connectivity index (χ4v) is 2.65. The summed E-state index contributed by atoms with van der Waals surface area (Å²) in [6, 6.07) is 14.7. The highest BCUT2D eigenvalue weighted by atomic mass is 16.7. The quantitative estimate of drug-likeness (QED) is 0.661. The molecule has 1 N–H and O–H groups in total. The summed E-state index contributed by atoms with van der Waals surface area (Å²) in [5, 5.41) is 12.2. The molecular weight excluding hydrogens is 332 g/mol. The van der Waals surface area contributed by atoms with Crippen molar-refractivity contribution in [3.8, 4) is 23.3 Å². The third kappa shape index (κ3) is 3.62. The monoisotopic (exact) mass is 350 g/mol. The smallest absolute Gasteiger partial charge is 0.262 e. The predicted octanol–water partition coefficient (Wildman–Crippen LogP) is 3.21. The van der Waals surface area contributed by atoms with Crippen LogP contribution in [-0.4, -0.2) is 19.8 Å². The van der Waals surface area contributed by atoms with Crippen LogP contribution >= 0.6 is 0 Å². The van der Waals surface area contributed by atoms with Crippen LogP contribution in [0, 0.1) is 11.3 Å². The zero-order valence-corrected chi connectivity index (χ0v) is 14.5. The number of amides is 1. The first-order chi connectivity index (χ1) is 12.6. The number of fused-ring (bicyclic) bond motifs is 1. The minimum Gasteiger partial charge on any atom is -0.493 e. The summed E-state index contributed by atoms with van der Waals surface area (Å²) in [7, 11) is 1.52. The third-order valence-corrected chi connectivity index (χ3v) is 4.00. The number of carbonyl (C=O) groups excluding carboxylic acids is 1. The van der Waals surface area contributed by atoms with Crippen molar-refractivity contribution in [2.45, 2.75) is 13.0 Å². The number of methoxy groups -OCH3 is 1. The van der Waals surface area contributed by atoms with Crippen LogP contribution in [0.15, 0.2) is 48.0 Å². The van der Waals surface area contributed by atoms with E-state index in [1.807, 2.05) is 43.3 Å². The van der Waals surface area contributed by atoms with Gasteiger partial charge in [-0.15, -0.1) is 0 Å². The maximum atomic E-state index is 12.5. The minimum absolute atomic E-state index is 0.00583. The molecule has 1 aliphatic rings. The number of nitrogens with one attached hydrogen (secondary N) is 1. The molecule has 1 aliphatic heterocycles. The summed E-state index contributed by atoms with van der Waals surface area (Å²) < 4.78 is 16.0. The van der Waals surface area contributed by atoms with E-state index in [2.05, 4.69) is 5.32 Å². The average Bonchev–Trinajstić information content (AvgIpc) is 3.14. The molecule has 1 amide bonds. The van der Waals surface area contributed by atoms with E-state index >= 15 is 0 Å². The number of nitrogens with zero attached hydrogens (tertiary/aromatic N) is 1. The molecule has 0 aromatic heterocycles. The Morgan fingerprint density at radius 3 is 2.77 bits per heavy atom. The lowest BCUT2D eigenvalue weighted by molar-refractivity contribution is -0.117. The zero-order chi connectivity index (χ0) is 18.5. The maximum Gasteiger partial charge on any atom is 0.262 e. The normalized spacial score (nSPS) is 13.7. The minimum atomic E-state index is -0.444. The van der Waals surface area contributed by atoms with Gasteiger partial charge in [-0.05, 0) is 36.3 Å². The van der Waals surface area contributed by atoms with Crippen molar-refractivity contribution in [1.82, 2.24) is 5.32 Å². The fourth-order valence-electron chi connectivity index (χ4n) is 2.65. The Morgan fingerprint density at radius 1 is 1.31 bits per heavy atom. The highest BCUT2D eigenvalue weighted by Crippen LogP contribution is 2.42. The van der Waals surface area contributed by atoms with Crippen LogP contribution in [0.1, 0.15) is 24.1 Å². The number of hydrogen-bond acceptors (Lipinski definition) is 5. The van der Waals surface area contributed by atoms with E-state index < -0.39 is 5.91 Å². The summed E-state index contributed by atoms with van der Waals surface area (Å²) in [5.74, 6) is 1.08. The first kappa shape index (κ1) is 17.4. The molecule has 0 saturated carbocycles. The topological polar surface area (TPSA) is 80.6 Å². The molecule has 0 spiro atoms. The molecule has 6 heteroatoms. The van der Waals surface area contributed by atoms with Crippen molar-refractivity contribution in [2.75, 3.05) is 13.9 Å². The van der Waals surface area contributed by atoms with Crippen molar-refractivity contribution >= 4 is 12.0 Å². The predicted molar refractivity (Wildman–Crippen MR) is 95.7 cm³/mol. The fraction of sp³-hybridized carbons (Fsp3) is 0.200. The summed E-state index contributed by atoms with van der Waals surface area (Å²) in [6.07, 6.45) is 1.50. The van der Waals surface area contributed by atoms with Crippen molar-refractivity contribution in [3.63, 3.8) is 0 Å². The van der Waals surface area contributed by atoms with Gasteiger partial charge in [0, 0.05) is 0 Å². The van der Waals surface area contributed by atoms with Crippen LogP contribution in [0.4, 0.5) is 0 Å². The van der Waals surface area contributed by atoms with Gasteiger partial charge in [-0.1, -0.05) is 30.3 Å². The number of benzene rings is 2. The summed E-state index contributed by atoms with van der Waals surface area (Å²) in [6.45, 7) is 1.98. The van der Waals surface area contributed by atoms with E-state index in [1.165, 1.54) is 13.2 Å². The molecule has 0 radical (unpaired) electrons. The Hall–Kier alpha value is -3.46. The first-order valence-corrected chi connectivity index (χ1v) is 8.07. The van der Waals surface area contributed by atoms with Gasteiger partial charge in [-0.25, -0.2) is 0 Å².